The number of carbonyl (C=O) groups is 1. The van der Waals surface area contributed by atoms with E-state index in [4.69, 9.17) is 4.74 Å². The molecule has 4 rings (SSSR count). The van der Waals surface area contributed by atoms with Gasteiger partial charge in [-0.3, -0.25) is 9.78 Å². The SMILES string of the molecule is COc1cnc(N2CCNCC2)nc1Nc1ccc(NC(=O)c2ccncc2)cc1C(F)(F)F. The zero-order chi connectivity index (χ0) is 24.1. The molecule has 9 nitrogen and oxygen atoms in total. The minimum Gasteiger partial charge on any atom is -0.491 e. The number of ether oxygens (including phenoxy) is 1. The van der Waals surface area contributed by atoms with E-state index in [9.17, 15) is 18.0 Å². The average Bonchev–Trinajstić information content (AvgIpc) is 2.85. The van der Waals surface area contributed by atoms with E-state index >= 15 is 0 Å². The highest BCUT2D eigenvalue weighted by Gasteiger charge is 2.34. The van der Waals surface area contributed by atoms with Crippen molar-refractivity contribution in [3.05, 3.63) is 60.0 Å². The van der Waals surface area contributed by atoms with E-state index in [0.717, 1.165) is 19.2 Å². The fourth-order valence-electron chi connectivity index (χ4n) is 3.42. The zero-order valence-electron chi connectivity index (χ0n) is 18.2. The van der Waals surface area contributed by atoms with Crippen LogP contribution < -0.4 is 25.6 Å². The van der Waals surface area contributed by atoms with Crippen molar-refractivity contribution in [1.29, 1.82) is 0 Å². The molecule has 0 bridgehead atoms. The number of carbonyl (C=O) groups excluding carboxylic acids is 1. The number of hydrogen-bond acceptors (Lipinski definition) is 8. The number of nitrogens with zero attached hydrogens (tertiary/aromatic N) is 4. The normalized spacial score (nSPS) is 13.9. The third-order valence-corrected chi connectivity index (χ3v) is 5.14. The molecule has 178 valence electrons. The minimum atomic E-state index is -4.69. The predicted molar refractivity (Wildman–Crippen MR) is 121 cm³/mol. The molecule has 0 aliphatic carbocycles. The van der Waals surface area contributed by atoms with Gasteiger partial charge in [0.05, 0.1) is 24.6 Å². The van der Waals surface area contributed by atoms with Crippen LogP contribution in [0.25, 0.3) is 0 Å². The number of amides is 1. The van der Waals surface area contributed by atoms with Crippen LogP contribution in [0.1, 0.15) is 15.9 Å². The molecule has 3 N–H and O–H groups in total. The zero-order valence-corrected chi connectivity index (χ0v) is 18.2. The molecule has 1 aliphatic heterocycles. The lowest BCUT2D eigenvalue weighted by Gasteiger charge is -2.27. The maximum Gasteiger partial charge on any atom is 0.418 e. The fraction of sp³-hybridized carbons (Fsp3) is 0.273. The van der Waals surface area contributed by atoms with Gasteiger partial charge in [0.1, 0.15) is 0 Å². The summed E-state index contributed by atoms with van der Waals surface area (Å²) in [6, 6.07) is 6.41. The van der Waals surface area contributed by atoms with Crippen LogP contribution in [-0.4, -0.2) is 54.1 Å². The summed E-state index contributed by atoms with van der Waals surface area (Å²) < 4.78 is 47.0. The van der Waals surface area contributed by atoms with Gasteiger partial charge in [-0.1, -0.05) is 0 Å². The van der Waals surface area contributed by atoms with Gasteiger partial charge in [0.15, 0.2) is 11.6 Å². The number of aromatic nitrogens is 3. The third-order valence-electron chi connectivity index (χ3n) is 5.14. The fourth-order valence-corrected chi connectivity index (χ4v) is 3.42. The topological polar surface area (TPSA) is 104 Å². The molecule has 0 saturated carbocycles. The molecular formula is C22H22F3N7O2. The van der Waals surface area contributed by atoms with Crippen LogP contribution in [0.3, 0.4) is 0 Å². The highest BCUT2D eigenvalue weighted by Crippen LogP contribution is 2.39. The number of benzene rings is 1. The van der Waals surface area contributed by atoms with Gasteiger partial charge in [-0.25, -0.2) is 4.98 Å². The summed E-state index contributed by atoms with van der Waals surface area (Å²) in [4.78, 5) is 26.8. The highest BCUT2D eigenvalue weighted by atomic mass is 19.4. The molecule has 1 aliphatic rings. The van der Waals surface area contributed by atoms with Crippen molar-refractivity contribution >= 4 is 29.0 Å². The summed E-state index contributed by atoms with van der Waals surface area (Å²) in [6.07, 6.45) is -0.426. The molecule has 34 heavy (non-hydrogen) atoms. The van der Waals surface area contributed by atoms with Gasteiger partial charge in [-0.2, -0.15) is 18.2 Å². The quantitative estimate of drug-likeness (QED) is 0.501. The smallest absolute Gasteiger partial charge is 0.418 e. The van der Waals surface area contributed by atoms with Gasteiger partial charge in [0, 0.05) is 49.8 Å². The Bertz CT molecular complexity index is 1150. The Kier molecular flexibility index (Phi) is 6.77. The van der Waals surface area contributed by atoms with Gasteiger partial charge in [0.2, 0.25) is 5.95 Å². The molecule has 1 amide bonds. The largest absolute Gasteiger partial charge is 0.491 e. The molecule has 1 fully saturated rings. The number of pyridine rings is 1. The number of halogens is 3. The average molecular weight is 473 g/mol. The Hall–Kier alpha value is -3.93. The molecule has 0 radical (unpaired) electrons. The van der Waals surface area contributed by atoms with E-state index in [1.807, 2.05) is 4.90 Å². The van der Waals surface area contributed by atoms with Crippen LogP contribution in [0.5, 0.6) is 5.75 Å². The van der Waals surface area contributed by atoms with Gasteiger partial charge in [0.25, 0.3) is 5.91 Å². The van der Waals surface area contributed by atoms with Gasteiger partial charge in [-0.05, 0) is 30.3 Å². The molecule has 0 spiro atoms. The van der Waals surface area contributed by atoms with E-state index in [0.29, 0.717) is 19.0 Å². The van der Waals surface area contributed by atoms with Gasteiger partial charge in [-0.15, -0.1) is 0 Å². The number of alkyl halides is 3. The number of anilines is 4. The summed E-state index contributed by atoms with van der Waals surface area (Å²) >= 11 is 0. The van der Waals surface area contributed by atoms with Crippen LogP contribution in [0.15, 0.2) is 48.9 Å². The van der Waals surface area contributed by atoms with Crippen molar-refractivity contribution in [2.75, 3.05) is 48.8 Å². The van der Waals surface area contributed by atoms with Crippen molar-refractivity contribution in [3.8, 4) is 5.75 Å². The second kappa shape index (κ2) is 9.91. The van der Waals surface area contributed by atoms with E-state index in [1.54, 1.807) is 0 Å². The van der Waals surface area contributed by atoms with Crippen molar-refractivity contribution in [1.82, 2.24) is 20.3 Å². The molecule has 2 aromatic heterocycles. The molecule has 12 heteroatoms. The van der Waals surface area contributed by atoms with E-state index in [2.05, 4.69) is 30.9 Å². The highest BCUT2D eigenvalue weighted by molar-refractivity contribution is 6.04. The summed E-state index contributed by atoms with van der Waals surface area (Å²) in [7, 11) is 1.39. The second-order valence-corrected chi connectivity index (χ2v) is 7.40. The van der Waals surface area contributed by atoms with Crippen molar-refractivity contribution in [2.24, 2.45) is 0 Å². The molecule has 0 unspecified atom stereocenters. The van der Waals surface area contributed by atoms with E-state index < -0.39 is 17.6 Å². The first kappa shape index (κ1) is 23.2. The minimum absolute atomic E-state index is 0.00385. The first-order valence-corrected chi connectivity index (χ1v) is 10.4. The summed E-state index contributed by atoms with van der Waals surface area (Å²) in [5, 5.41) is 8.43. The van der Waals surface area contributed by atoms with Crippen LogP contribution in [0, 0.1) is 0 Å². The predicted octanol–water partition coefficient (Wildman–Crippen LogP) is 3.30. The maximum absolute atomic E-state index is 13.9. The molecule has 0 atom stereocenters. The number of methoxy groups -OCH3 is 1. The van der Waals surface area contributed by atoms with Crippen molar-refractivity contribution < 1.29 is 22.7 Å². The van der Waals surface area contributed by atoms with Crippen molar-refractivity contribution in [3.63, 3.8) is 0 Å². The van der Waals surface area contributed by atoms with Crippen LogP contribution in [-0.2, 0) is 6.18 Å². The Morgan fingerprint density at radius 2 is 1.88 bits per heavy atom. The van der Waals surface area contributed by atoms with Crippen LogP contribution in [0.4, 0.5) is 36.3 Å². The Labute approximate surface area is 193 Å². The van der Waals surface area contributed by atoms with Gasteiger partial charge < -0.3 is 25.6 Å². The van der Waals surface area contributed by atoms with Crippen LogP contribution in [0.2, 0.25) is 0 Å². The second-order valence-electron chi connectivity index (χ2n) is 7.40. The monoisotopic (exact) mass is 473 g/mol. The molecule has 1 aromatic carbocycles. The molecule has 3 heterocycles. The Morgan fingerprint density at radius 3 is 2.56 bits per heavy atom. The third kappa shape index (κ3) is 5.34. The lowest BCUT2D eigenvalue weighted by molar-refractivity contribution is -0.136. The Balaban J connectivity index is 1.63. The lowest BCUT2D eigenvalue weighted by atomic mass is 10.1. The molecular weight excluding hydrogens is 451 g/mol. The van der Waals surface area contributed by atoms with E-state index in [-0.39, 0.29) is 28.5 Å². The molecule has 3 aromatic rings. The first-order valence-electron chi connectivity index (χ1n) is 10.4. The number of nitrogens with one attached hydrogen (secondary N) is 3. The maximum atomic E-state index is 13.9. The Morgan fingerprint density at radius 1 is 1.15 bits per heavy atom. The summed E-state index contributed by atoms with van der Waals surface area (Å²) in [5.41, 5.74) is -0.935. The molecule has 1 saturated heterocycles. The number of hydrogen-bond donors (Lipinski definition) is 3. The number of piperazine rings is 1. The number of rotatable bonds is 6. The van der Waals surface area contributed by atoms with E-state index in [1.165, 1.54) is 50.0 Å². The van der Waals surface area contributed by atoms with Crippen LogP contribution >= 0.6 is 0 Å². The summed E-state index contributed by atoms with van der Waals surface area (Å²) in [5.74, 6) is 0.140. The van der Waals surface area contributed by atoms with Gasteiger partial charge >= 0.3 is 6.18 Å². The first-order chi connectivity index (χ1) is 16.3. The summed E-state index contributed by atoms with van der Waals surface area (Å²) in [6.45, 7) is 2.85. The van der Waals surface area contributed by atoms with Crippen molar-refractivity contribution in [2.45, 2.75) is 6.18 Å². The lowest BCUT2D eigenvalue weighted by Crippen LogP contribution is -2.44. The standard InChI is InChI=1S/C22H22F3N7O2/c1-34-18-13-28-21(32-10-8-27-9-11-32)31-19(18)30-17-3-2-15(12-16(17)22(23,24)25)29-20(33)14-4-6-26-7-5-14/h2-7,12-13,27H,8-11H2,1H3,(H,29,33)(H,28,30,31).